The fraction of sp³-hybridized carbons (Fsp3) is 0.500. The predicted molar refractivity (Wildman–Crippen MR) is 112 cm³/mol. The number of hydrogen-bond donors (Lipinski definition) is 2. The van der Waals surface area contributed by atoms with Gasteiger partial charge in [-0.15, -0.1) is 0 Å². The van der Waals surface area contributed by atoms with Crippen molar-refractivity contribution >= 4 is 23.8 Å². The van der Waals surface area contributed by atoms with Crippen molar-refractivity contribution in [1.29, 1.82) is 0 Å². The lowest BCUT2D eigenvalue weighted by Crippen LogP contribution is -2.46. The molecule has 2 aliphatic rings. The molecule has 0 saturated carbocycles. The molecule has 1 unspecified atom stereocenters. The lowest BCUT2D eigenvalue weighted by Gasteiger charge is -2.25. The maximum absolute atomic E-state index is 12.9. The van der Waals surface area contributed by atoms with Gasteiger partial charge in [-0.3, -0.25) is 9.59 Å². The highest BCUT2D eigenvalue weighted by Crippen LogP contribution is 2.32. The van der Waals surface area contributed by atoms with E-state index in [1.165, 1.54) is 5.70 Å². The van der Waals surface area contributed by atoms with E-state index in [0.29, 0.717) is 18.5 Å². The van der Waals surface area contributed by atoms with Crippen molar-refractivity contribution in [2.75, 3.05) is 20.8 Å². The molecule has 29 heavy (non-hydrogen) atoms. The van der Waals surface area contributed by atoms with E-state index < -0.39 is 6.04 Å². The third kappa shape index (κ3) is 4.13. The zero-order chi connectivity index (χ0) is 21.0. The molecule has 2 amide bonds. The Morgan fingerprint density at radius 2 is 2.17 bits per heavy atom. The fourth-order valence-electron chi connectivity index (χ4n) is 4.09. The summed E-state index contributed by atoms with van der Waals surface area (Å²) in [6.07, 6.45) is 4.64. The van der Waals surface area contributed by atoms with Gasteiger partial charge in [0.15, 0.2) is 0 Å². The Kier molecular flexibility index (Phi) is 6.56. The lowest BCUT2D eigenvalue weighted by atomic mass is 10.0. The van der Waals surface area contributed by atoms with Gasteiger partial charge in [-0.1, -0.05) is 19.4 Å². The molecule has 7 nitrogen and oxygen atoms in total. The van der Waals surface area contributed by atoms with Crippen LogP contribution >= 0.6 is 0 Å². The first-order chi connectivity index (χ1) is 14.0. The summed E-state index contributed by atoms with van der Waals surface area (Å²) < 4.78 is 0. The number of fused-ring (bicyclic) bond motifs is 1. The molecule has 0 saturated heterocycles. The maximum atomic E-state index is 12.9. The Hall–Kier alpha value is -2.83. The first-order valence-electron chi connectivity index (χ1n) is 10.3. The molecule has 2 N–H and O–H groups in total. The number of nitrogens with zero attached hydrogens (tertiary/aromatic N) is 2. The Balaban J connectivity index is 1.88. The van der Waals surface area contributed by atoms with E-state index in [0.717, 1.165) is 49.0 Å². The summed E-state index contributed by atoms with van der Waals surface area (Å²) in [5.41, 5.74) is 5.04. The normalized spacial score (nSPS) is 16.7. The summed E-state index contributed by atoms with van der Waals surface area (Å²) in [5.74, 6) is -0.389. The topological polar surface area (TPSA) is 81.8 Å². The molecule has 0 aliphatic carbocycles. The highest BCUT2D eigenvalue weighted by molar-refractivity contribution is 6.01. The molecule has 0 bridgehead atoms. The SMILES string of the molecule is CCCCC1=C(c2ccc3c(c2)CN(C(CCC=O)C(=O)NC)C3=O)NCN1C. The second kappa shape index (κ2) is 9.11. The summed E-state index contributed by atoms with van der Waals surface area (Å²) in [5, 5.41) is 6.09. The van der Waals surface area contributed by atoms with Crippen LogP contribution in [0, 0.1) is 0 Å². The molecule has 3 rings (SSSR count). The van der Waals surface area contributed by atoms with Crippen molar-refractivity contribution in [3.8, 4) is 0 Å². The van der Waals surface area contributed by atoms with Crippen molar-refractivity contribution in [1.82, 2.24) is 20.4 Å². The molecule has 0 spiro atoms. The van der Waals surface area contributed by atoms with E-state index in [-0.39, 0.29) is 18.2 Å². The predicted octanol–water partition coefficient (Wildman–Crippen LogP) is 2.09. The number of unbranched alkanes of at least 4 members (excludes halogenated alkanes) is 1. The van der Waals surface area contributed by atoms with Crippen molar-refractivity contribution < 1.29 is 14.4 Å². The zero-order valence-corrected chi connectivity index (χ0v) is 17.5. The van der Waals surface area contributed by atoms with Crippen LogP contribution in [0.25, 0.3) is 5.70 Å². The molecule has 2 aliphatic heterocycles. The van der Waals surface area contributed by atoms with Crippen LogP contribution in [0.5, 0.6) is 0 Å². The van der Waals surface area contributed by atoms with Crippen LogP contribution in [-0.2, 0) is 16.1 Å². The van der Waals surface area contributed by atoms with Crippen molar-refractivity contribution in [3.05, 3.63) is 40.6 Å². The standard InChI is InChI=1S/C22H30N4O3/c1-4-5-7-18-20(24-14-25(18)3)15-9-10-17-16(12-15)13-26(22(17)29)19(8-6-11-27)21(28)23-2/h9-12,19,24H,4-8,13-14H2,1-3H3,(H,23,28). The van der Waals surface area contributed by atoms with Gasteiger partial charge >= 0.3 is 0 Å². The molecule has 2 heterocycles. The Labute approximate surface area is 172 Å². The Morgan fingerprint density at radius 1 is 1.38 bits per heavy atom. The number of allylic oxidation sites excluding steroid dienone is 1. The first kappa shape index (κ1) is 20.9. The van der Waals surface area contributed by atoms with Crippen molar-refractivity contribution in [2.45, 2.75) is 51.6 Å². The smallest absolute Gasteiger partial charge is 0.255 e. The average Bonchev–Trinajstić information content (AvgIpc) is 3.26. The van der Waals surface area contributed by atoms with Gasteiger partial charge in [0.2, 0.25) is 5.91 Å². The monoisotopic (exact) mass is 398 g/mol. The number of carbonyl (C=O) groups is 3. The molecule has 1 aromatic rings. The number of carbonyl (C=O) groups excluding carboxylic acids is 3. The van der Waals surface area contributed by atoms with E-state index >= 15 is 0 Å². The molecular weight excluding hydrogens is 368 g/mol. The van der Waals surface area contributed by atoms with Crippen LogP contribution in [0.15, 0.2) is 23.9 Å². The number of benzene rings is 1. The van der Waals surface area contributed by atoms with Crippen LogP contribution in [0.1, 0.15) is 60.5 Å². The highest BCUT2D eigenvalue weighted by atomic mass is 16.2. The van der Waals surface area contributed by atoms with Gasteiger partial charge in [0.05, 0.1) is 12.4 Å². The Morgan fingerprint density at radius 3 is 2.86 bits per heavy atom. The van der Waals surface area contributed by atoms with E-state index in [9.17, 15) is 14.4 Å². The molecular formula is C22H30N4O3. The maximum Gasteiger partial charge on any atom is 0.255 e. The van der Waals surface area contributed by atoms with E-state index in [2.05, 4.69) is 35.6 Å². The number of aldehydes is 1. The van der Waals surface area contributed by atoms with Crippen LogP contribution in [0.3, 0.4) is 0 Å². The summed E-state index contributed by atoms with van der Waals surface area (Å²) in [4.78, 5) is 39.9. The van der Waals surface area contributed by atoms with Gasteiger partial charge in [-0.05, 0) is 42.5 Å². The molecule has 0 fully saturated rings. The number of rotatable bonds is 9. The second-order valence-electron chi connectivity index (χ2n) is 7.64. The summed E-state index contributed by atoms with van der Waals surface area (Å²) in [6.45, 7) is 3.35. The summed E-state index contributed by atoms with van der Waals surface area (Å²) >= 11 is 0. The van der Waals surface area contributed by atoms with Gasteiger partial charge in [0, 0.05) is 38.3 Å². The van der Waals surface area contributed by atoms with Gasteiger partial charge in [0.1, 0.15) is 12.3 Å². The van der Waals surface area contributed by atoms with Crippen LogP contribution < -0.4 is 10.6 Å². The third-order valence-electron chi connectivity index (χ3n) is 5.72. The molecule has 156 valence electrons. The van der Waals surface area contributed by atoms with Gasteiger partial charge in [-0.2, -0.15) is 0 Å². The summed E-state index contributed by atoms with van der Waals surface area (Å²) in [7, 11) is 3.64. The van der Waals surface area contributed by atoms with Crippen LogP contribution in [0.2, 0.25) is 0 Å². The number of amides is 2. The third-order valence-corrected chi connectivity index (χ3v) is 5.72. The zero-order valence-electron chi connectivity index (χ0n) is 17.5. The molecule has 1 atom stereocenters. The minimum Gasteiger partial charge on any atom is -0.366 e. The minimum atomic E-state index is -0.636. The molecule has 7 heteroatoms. The minimum absolute atomic E-state index is 0.150. The van der Waals surface area contributed by atoms with E-state index in [1.807, 2.05) is 12.1 Å². The average molecular weight is 399 g/mol. The van der Waals surface area contributed by atoms with Gasteiger partial charge in [-0.25, -0.2) is 0 Å². The number of nitrogens with one attached hydrogen (secondary N) is 2. The largest absolute Gasteiger partial charge is 0.366 e. The van der Waals surface area contributed by atoms with Gasteiger partial charge < -0.3 is 25.2 Å². The fourth-order valence-corrected chi connectivity index (χ4v) is 4.09. The lowest BCUT2D eigenvalue weighted by molar-refractivity contribution is -0.125. The second-order valence-corrected chi connectivity index (χ2v) is 7.64. The van der Waals surface area contributed by atoms with E-state index in [4.69, 9.17) is 0 Å². The first-order valence-corrected chi connectivity index (χ1v) is 10.3. The van der Waals surface area contributed by atoms with Crippen LogP contribution in [-0.4, -0.2) is 54.7 Å². The quantitative estimate of drug-likeness (QED) is 0.623. The molecule has 0 radical (unpaired) electrons. The molecule has 0 aromatic heterocycles. The Bertz CT molecular complexity index is 833. The summed E-state index contributed by atoms with van der Waals surface area (Å²) in [6, 6.07) is 5.26. The number of likely N-dealkylation sites (N-methyl/N-ethyl adjacent to an activating group) is 1. The van der Waals surface area contributed by atoms with Crippen LogP contribution in [0.4, 0.5) is 0 Å². The van der Waals surface area contributed by atoms with Crippen molar-refractivity contribution in [3.63, 3.8) is 0 Å². The van der Waals surface area contributed by atoms with E-state index in [1.54, 1.807) is 11.9 Å². The highest BCUT2D eigenvalue weighted by Gasteiger charge is 2.36. The van der Waals surface area contributed by atoms with Crippen molar-refractivity contribution in [2.24, 2.45) is 0 Å². The van der Waals surface area contributed by atoms with Gasteiger partial charge in [0.25, 0.3) is 5.91 Å². The number of hydrogen-bond acceptors (Lipinski definition) is 5. The molecule has 1 aromatic carbocycles.